The lowest BCUT2D eigenvalue weighted by Crippen LogP contribution is -2.15. The molecule has 1 aromatic carbocycles. The van der Waals surface area contributed by atoms with Crippen molar-refractivity contribution in [1.82, 2.24) is 9.36 Å². The van der Waals surface area contributed by atoms with Gasteiger partial charge in [0, 0.05) is 4.47 Å². The number of nitrogens with zero attached hydrogens (tertiary/aromatic N) is 2. The summed E-state index contributed by atoms with van der Waals surface area (Å²) in [4.78, 5) is 14.6. The topological polar surface area (TPSA) is 63.1 Å². The number of aromatic nitrogens is 2. The molecule has 0 amide bonds. The highest BCUT2D eigenvalue weighted by Crippen LogP contribution is 2.31. The maximum atomic E-state index is 12.5. The van der Waals surface area contributed by atoms with Crippen LogP contribution in [0.4, 0.5) is 13.2 Å². The summed E-state index contributed by atoms with van der Waals surface area (Å²) in [5, 5.41) is 9.06. The molecule has 0 saturated carbocycles. The van der Waals surface area contributed by atoms with Crippen molar-refractivity contribution >= 4 is 33.4 Å². The van der Waals surface area contributed by atoms with E-state index >= 15 is 0 Å². The highest BCUT2D eigenvalue weighted by Gasteiger charge is 2.37. The smallest absolute Gasteiger partial charge is 0.452 e. The second-order valence-corrected chi connectivity index (χ2v) is 5.88. The Bertz CT molecular complexity index is 660. The zero-order chi connectivity index (χ0) is 15.6. The summed E-state index contributed by atoms with van der Waals surface area (Å²) >= 11 is 3.72. The first-order chi connectivity index (χ1) is 9.77. The van der Waals surface area contributed by atoms with Crippen molar-refractivity contribution in [1.29, 1.82) is 0 Å². The van der Waals surface area contributed by atoms with Gasteiger partial charge in [-0.1, -0.05) is 28.1 Å². The Morgan fingerprint density at radius 3 is 2.67 bits per heavy atom. The van der Waals surface area contributed by atoms with Crippen molar-refractivity contribution in [3.05, 3.63) is 45.1 Å². The van der Waals surface area contributed by atoms with Crippen LogP contribution in [0, 0.1) is 0 Å². The summed E-state index contributed by atoms with van der Waals surface area (Å²) < 4.78 is 41.4. The third-order valence-corrected chi connectivity index (χ3v) is 3.94. The van der Waals surface area contributed by atoms with Crippen LogP contribution in [0.1, 0.15) is 22.3 Å². The lowest BCUT2D eigenvalue weighted by molar-refractivity contribution is -0.145. The van der Waals surface area contributed by atoms with Gasteiger partial charge in [0.25, 0.3) is 0 Å². The van der Waals surface area contributed by atoms with E-state index in [1.165, 1.54) is 0 Å². The number of halogens is 4. The van der Waals surface area contributed by atoms with Crippen molar-refractivity contribution in [2.24, 2.45) is 0 Å². The fourth-order valence-electron chi connectivity index (χ4n) is 1.67. The molecule has 1 heterocycles. The normalized spacial score (nSPS) is 13.1. The van der Waals surface area contributed by atoms with Gasteiger partial charge in [-0.25, -0.2) is 4.98 Å². The van der Waals surface area contributed by atoms with Crippen LogP contribution in [0.25, 0.3) is 0 Å². The Morgan fingerprint density at radius 1 is 1.43 bits per heavy atom. The summed E-state index contributed by atoms with van der Waals surface area (Å²) in [6.45, 7) is 0. The molecule has 112 valence electrons. The first-order valence-electron chi connectivity index (χ1n) is 5.65. The monoisotopic (exact) mass is 380 g/mol. The molecule has 1 unspecified atom stereocenters. The van der Waals surface area contributed by atoms with Crippen molar-refractivity contribution < 1.29 is 23.1 Å². The van der Waals surface area contributed by atoms with Gasteiger partial charge in [-0.05, 0) is 35.6 Å². The maximum absolute atomic E-state index is 12.5. The number of hydrogen-bond donors (Lipinski definition) is 1. The molecule has 1 N–H and O–H groups in total. The first kappa shape index (κ1) is 15.9. The number of alkyl halides is 3. The summed E-state index contributed by atoms with van der Waals surface area (Å²) in [5.74, 6) is -3.70. The van der Waals surface area contributed by atoms with Crippen molar-refractivity contribution in [3.8, 4) is 0 Å². The molecule has 0 aliphatic heterocycles. The number of aliphatic carboxylic acids is 1. The van der Waals surface area contributed by atoms with Crippen molar-refractivity contribution in [3.63, 3.8) is 0 Å². The molecule has 2 aromatic rings. The quantitative estimate of drug-likeness (QED) is 0.877. The number of hydrogen-bond acceptors (Lipinski definition) is 4. The Kier molecular flexibility index (Phi) is 4.62. The fourth-order valence-corrected chi connectivity index (χ4v) is 2.88. The zero-order valence-corrected chi connectivity index (χ0v) is 12.7. The van der Waals surface area contributed by atoms with Gasteiger partial charge in [0.1, 0.15) is 10.9 Å². The summed E-state index contributed by atoms with van der Waals surface area (Å²) in [5.41, 5.74) is 0.681. The molecule has 0 radical (unpaired) electrons. The van der Waals surface area contributed by atoms with Crippen LogP contribution in [0.5, 0.6) is 0 Å². The second-order valence-electron chi connectivity index (χ2n) is 4.18. The molecule has 0 fully saturated rings. The average molecular weight is 381 g/mol. The van der Waals surface area contributed by atoms with E-state index in [1.807, 2.05) is 0 Å². The van der Waals surface area contributed by atoms with Crippen LogP contribution in [0.2, 0.25) is 0 Å². The molecule has 9 heteroatoms. The molecule has 4 nitrogen and oxygen atoms in total. The Balaban J connectivity index is 2.27. The van der Waals surface area contributed by atoms with Gasteiger partial charge in [-0.3, -0.25) is 4.79 Å². The van der Waals surface area contributed by atoms with Crippen LogP contribution in [-0.4, -0.2) is 20.4 Å². The van der Waals surface area contributed by atoms with Gasteiger partial charge in [0.05, 0.1) is 0 Å². The Labute approximate surface area is 129 Å². The lowest BCUT2D eigenvalue weighted by Gasteiger charge is -2.09. The summed E-state index contributed by atoms with van der Waals surface area (Å²) in [6.07, 6.45) is -4.63. The predicted octanol–water partition coefficient (Wildman–Crippen LogP) is 3.73. The molecule has 0 spiro atoms. The van der Waals surface area contributed by atoms with Gasteiger partial charge in [-0.15, -0.1) is 0 Å². The van der Waals surface area contributed by atoms with Crippen LogP contribution >= 0.6 is 27.5 Å². The Hall–Kier alpha value is -1.48. The zero-order valence-electron chi connectivity index (χ0n) is 10.3. The molecule has 1 aromatic heterocycles. The van der Waals surface area contributed by atoms with Crippen molar-refractivity contribution in [2.45, 2.75) is 18.5 Å². The van der Waals surface area contributed by atoms with Crippen LogP contribution in [0.3, 0.4) is 0 Å². The van der Waals surface area contributed by atoms with E-state index < -0.39 is 23.9 Å². The van der Waals surface area contributed by atoms with E-state index in [0.717, 1.165) is 4.47 Å². The molecule has 0 aliphatic rings. The fraction of sp³-hybridized carbons (Fsp3) is 0.250. The predicted molar refractivity (Wildman–Crippen MR) is 73.1 cm³/mol. The van der Waals surface area contributed by atoms with E-state index in [9.17, 15) is 23.1 Å². The van der Waals surface area contributed by atoms with Crippen molar-refractivity contribution in [2.75, 3.05) is 0 Å². The first-order valence-corrected chi connectivity index (χ1v) is 7.22. The van der Waals surface area contributed by atoms with Crippen LogP contribution in [0.15, 0.2) is 28.7 Å². The number of carboxylic acids is 1. The molecule has 0 bridgehead atoms. The van der Waals surface area contributed by atoms with E-state index in [4.69, 9.17) is 0 Å². The average Bonchev–Trinajstić information content (AvgIpc) is 2.84. The largest absolute Gasteiger partial charge is 0.481 e. The van der Waals surface area contributed by atoms with Gasteiger partial charge < -0.3 is 5.11 Å². The molecule has 21 heavy (non-hydrogen) atoms. The minimum Gasteiger partial charge on any atom is -0.481 e. The highest BCUT2D eigenvalue weighted by atomic mass is 79.9. The SMILES string of the molecule is O=C(O)C(Cc1cccc(Br)c1)c1nc(C(F)(F)F)ns1. The van der Waals surface area contributed by atoms with Gasteiger partial charge >= 0.3 is 12.1 Å². The van der Waals surface area contributed by atoms with E-state index in [-0.39, 0.29) is 11.4 Å². The minimum absolute atomic E-state index is 0.0429. The van der Waals surface area contributed by atoms with E-state index in [1.54, 1.807) is 24.3 Å². The molecule has 0 aliphatic carbocycles. The standard InChI is InChI=1S/C12H8BrF3N2O2S/c13-7-3-1-2-6(4-7)5-8(10(19)20)9-17-11(18-21-9)12(14,15)16/h1-4,8H,5H2,(H,19,20). The molecule has 0 saturated heterocycles. The molecule has 2 rings (SSSR count). The van der Waals surface area contributed by atoms with Gasteiger partial charge in [-0.2, -0.15) is 17.5 Å². The van der Waals surface area contributed by atoms with Gasteiger partial charge in [0.15, 0.2) is 0 Å². The number of carbonyl (C=O) groups is 1. The molecular formula is C12H8BrF3N2O2S. The van der Waals surface area contributed by atoms with E-state index in [2.05, 4.69) is 25.3 Å². The third kappa shape index (κ3) is 4.01. The number of benzene rings is 1. The maximum Gasteiger partial charge on any atom is 0.452 e. The second kappa shape index (κ2) is 6.10. The third-order valence-electron chi connectivity index (χ3n) is 2.62. The summed E-state index contributed by atoms with van der Waals surface area (Å²) in [7, 11) is 0. The summed E-state index contributed by atoms with van der Waals surface area (Å²) in [6, 6.07) is 6.90. The highest BCUT2D eigenvalue weighted by molar-refractivity contribution is 9.10. The Morgan fingerprint density at radius 2 is 2.14 bits per heavy atom. The molecular weight excluding hydrogens is 373 g/mol. The molecule has 1 atom stereocenters. The van der Waals surface area contributed by atoms with Crippen LogP contribution < -0.4 is 0 Å². The lowest BCUT2D eigenvalue weighted by atomic mass is 10.0. The van der Waals surface area contributed by atoms with E-state index in [0.29, 0.717) is 17.1 Å². The minimum atomic E-state index is -4.67. The van der Waals surface area contributed by atoms with Crippen LogP contribution in [-0.2, 0) is 17.4 Å². The number of rotatable bonds is 4. The number of carboxylic acid groups (broad SMARTS) is 1. The van der Waals surface area contributed by atoms with Gasteiger partial charge in [0.2, 0.25) is 5.82 Å².